The van der Waals surface area contributed by atoms with Crippen LogP contribution in [-0.4, -0.2) is 42.0 Å². The Bertz CT molecular complexity index is 1780. The number of rotatable bonds is 11. The number of methoxy groups -OCH3 is 1. The van der Waals surface area contributed by atoms with Crippen molar-refractivity contribution in [1.82, 2.24) is 9.47 Å². The Labute approximate surface area is 248 Å². The normalized spacial score (nSPS) is 11.1. The van der Waals surface area contributed by atoms with Crippen LogP contribution in [0.2, 0.25) is 0 Å². The van der Waals surface area contributed by atoms with Crippen molar-refractivity contribution in [3.8, 4) is 5.75 Å². The number of aromatic nitrogens is 1. The molecule has 0 aliphatic heterocycles. The van der Waals surface area contributed by atoms with Gasteiger partial charge >= 0.3 is 5.97 Å². The molecule has 0 fully saturated rings. The molecule has 5 rings (SSSR count). The van der Waals surface area contributed by atoms with Crippen LogP contribution >= 0.6 is 11.3 Å². The predicted molar refractivity (Wildman–Crippen MR) is 166 cm³/mol. The highest BCUT2D eigenvalue weighted by Gasteiger charge is 2.27. The Morgan fingerprint density at radius 2 is 1.57 bits per heavy atom. The second-order valence-electron chi connectivity index (χ2n) is 9.98. The van der Waals surface area contributed by atoms with Crippen LogP contribution in [0.25, 0.3) is 10.2 Å². The van der Waals surface area contributed by atoms with E-state index in [1.807, 2.05) is 84.4 Å². The third kappa shape index (κ3) is 6.05. The minimum atomic E-state index is -0.691. The molecule has 8 heteroatoms. The number of ether oxygens (including phenoxy) is 2. The Hall–Kier alpha value is -4.53. The van der Waals surface area contributed by atoms with Crippen molar-refractivity contribution in [2.24, 2.45) is 0 Å². The van der Waals surface area contributed by atoms with Crippen molar-refractivity contribution in [3.05, 3.63) is 134 Å². The lowest BCUT2D eigenvalue weighted by Gasteiger charge is -2.18. The Morgan fingerprint density at radius 3 is 2.26 bits per heavy atom. The summed E-state index contributed by atoms with van der Waals surface area (Å²) >= 11 is 1.28. The number of thiophene rings is 1. The summed E-state index contributed by atoms with van der Waals surface area (Å²) in [5, 5.41) is 0.361. The molecule has 2 aromatic heterocycles. The standard InChI is InChI=1S/C34H32N2O5S/c1-4-41-34(39)27-22-36(20-25-17-11-12-18-28(25)40-3)33-29(31(27)38)26(21-35(2)19-23-13-7-5-8-14-23)32(42-33)30(37)24-15-9-6-10-16-24/h5-18,22H,4,19-21H2,1-3H3. The Kier molecular flexibility index (Phi) is 8.95. The van der Waals surface area contributed by atoms with Crippen molar-refractivity contribution in [2.45, 2.75) is 26.6 Å². The van der Waals surface area contributed by atoms with E-state index in [9.17, 15) is 14.4 Å². The van der Waals surface area contributed by atoms with Gasteiger partial charge in [-0.2, -0.15) is 0 Å². The molecule has 0 spiro atoms. The first kappa shape index (κ1) is 29.0. The molecule has 42 heavy (non-hydrogen) atoms. The maximum Gasteiger partial charge on any atom is 0.343 e. The zero-order valence-corrected chi connectivity index (χ0v) is 24.6. The molecule has 0 unspecified atom stereocenters. The van der Waals surface area contributed by atoms with Crippen LogP contribution in [0, 0.1) is 0 Å². The molecule has 0 aliphatic rings. The van der Waals surface area contributed by atoms with Gasteiger partial charge in [0.2, 0.25) is 11.2 Å². The van der Waals surface area contributed by atoms with Crippen LogP contribution in [0.5, 0.6) is 5.75 Å². The molecular formula is C34H32N2O5S. The van der Waals surface area contributed by atoms with Gasteiger partial charge in [-0.05, 0) is 25.6 Å². The summed E-state index contributed by atoms with van der Waals surface area (Å²) in [6.07, 6.45) is 1.54. The van der Waals surface area contributed by atoms with Gasteiger partial charge in [-0.25, -0.2) is 4.79 Å². The fourth-order valence-electron chi connectivity index (χ4n) is 5.06. The lowest BCUT2D eigenvalue weighted by Crippen LogP contribution is -2.23. The van der Waals surface area contributed by atoms with E-state index in [-0.39, 0.29) is 18.0 Å². The summed E-state index contributed by atoms with van der Waals surface area (Å²) in [6, 6.07) is 26.7. The number of esters is 1. The van der Waals surface area contributed by atoms with Gasteiger partial charge < -0.3 is 14.0 Å². The highest BCUT2D eigenvalue weighted by Crippen LogP contribution is 2.34. The first-order valence-corrected chi connectivity index (χ1v) is 14.5. The molecule has 0 amide bonds. The minimum absolute atomic E-state index is 0.0669. The fraction of sp³-hybridized carbons (Fsp3) is 0.206. The third-order valence-electron chi connectivity index (χ3n) is 7.00. The molecule has 0 atom stereocenters. The second-order valence-corrected chi connectivity index (χ2v) is 11.0. The number of carbonyl (C=O) groups is 2. The molecule has 2 heterocycles. The van der Waals surface area contributed by atoms with E-state index >= 15 is 0 Å². The van der Waals surface area contributed by atoms with Gasteiger partial charge in [-0.1, -0.05) is 78.9 Å². The van der Waals surface area contributed by atoms with Crippen LogP contribution in [0.4, 0.5) is 0 Å². The molecular weight excluding hydrogens is 548 g/mol. The summed E-state index contributed by atoms with van der Waals surface area (Å²) in [7, 11) is 3.56. The van der Waals surface area contributed by atoms with Gasteiger partial charge in [0.15, 0.2) is 0 Å². The van der Waals surface area contributed by atoms with Crippen molar-refractivity contribution < 1.29 is 19.1 Å². The number of nitrogens with zero attached hydrogens (tertiary/aromatic N) is 2. The van der Waals surface area contributed by atoms with Gasteiger partial charge in [0.25, 0.3) is 0 Å². The molecule has 0 radical (unpaired) electrons. The summed E-state index contributed by atoms with van der Waals surface area (Å²) in [5.74, 6) is -0.174. The summed E-state index contributed by atoms with van der Waals surface area (Å²) in [4.78, 5) is 44.2. The average molecular weight is 581 g/mol. The number of pyridine rings is 1. The Morgan fingerprint density at radius 1 is 0.905 bits per heavy atom. The van der Waals surface area contributed by atoms with Crippen molar-refractivity contribution in [2.75, 3.05) is 20.8 Å². The largest absolute Gasteiger partial charge is 0.496 e. The van der Waals surface area contributed by atoms with Crippen LogP contribution in [0.15, 0.2) is 95.9 Å². The quantitative estimate of drug-likeness (QED) is 0.138. The third-order valence-corrected chi connectivity index (χ3v) is 8.27. The second kappa shape index (κ2) is 13.0. The molecule has 214 valence electrons. The first-order chi connectivity index (χ1) is 20.4. The SMILES string of the molecule is CCOC(=O)c1cn(Cc2ccccc2OC)c2sc(C(=O)c3ccccc3)c(CN(C)Cc3ccccc3)c2c1=O. The zero-order chi connectivity index (χ0) is 29.6. The van der Waals surface area contributed by atoms with E-state index < -0.39 is 11.4 Å². The van der Waals surface area contributed by atoms with E-state index in [0.717, 1.165) is 11.1 Å². The van der Waals surface area contributed by atoms with Crippen LogP contribution in [0.3, 0.4) is 0 Å². The van der Waals surface area contributed by atoms with Crippen LogP contribution in [-0.2, 0) is 24.4 Å². The van der Waals surface area contributed by atoms with Gasteiger partial charge in [-0.15, -0.1) is 11.3 Å². The number of para-hydroxylation sites is 1. The van der Waals surface area contributed by atoms with Crippen molar-refractivity contribution in [1.29, 1.82) is 0 Å². The summed E-state index contributed by atoms with van der Waals surface area (Å²) < 4.78 is 12.7. The number of fused-ring (bicyclic) bond motifs is 1. The van der Waals surface area contributed by atoms with Gasteiger partial charge in [-0.3, -0.25) is 14.5 Å². The number of benzene rings is 3. The zero-order valence-electron chi connectivity index (χ0n) is 23.8. The smallest absolute Gasteiger partial charge is 0.343 e. The molecule has 0 N–H and O–H groups in total. The molecule has 3 aromatic carbocycles. The van der Waals surface area contributed by atoms with Gasteiger partial charge in [0, 0.05) is 36.0 Å². The predicted octanol–water partition coefficient (Wildman–Crippen LogP) is 6.16. The molecule has 0 bridgehead atoms. The van der Waals surface area contributed by atoms with E-state index in [0.29, 0.717) is 51.6 Å². The van der Waals surface area contributed by atoms with E-state index in [2.05, 4.69) is 4.90 Å². The number of hydrogen-bond acceptors (Lipinski definition) is 7. The van der Waals surface area contributed by atoms with Gasteiger partial charge in [0.05, 0.1) is 30.5 Å². The lowest BCUT2D eigenvalue weighted by atomic mass is 10.0. The lowest BCUT2D eigenvalue weighted by molar-refractivity contribution is 0.0524. The molecule has 5 aromatic rings. The highest BCUT2D eigenvalue weighted by molar-refractivity contribution is 7.20. The summed E-state index contributed by atoms with van der Waals surface area (Å²) in [5.41, 5.74) is 2.61. The topological polar surface area (TPSA) is 77.8 Å². The number of hydrogen-bond donors (Lipinski definition) is 0. The van der Waals surface area contributed by atoms with E-state index in [4.69, 9.17) is 9.47 Å². The maximum atomic E-state index is 14.0. The van der Waals surface area contributed by atoms with Crippen LogP contribution < -0.4 is 10.2 Å². The van der Waals surface area contributed by atoms with E-state index in [1.165, 1.54) is 11.3 Å². The minimum Gasteiger partial charge on any atom is -0.496 e. The van der Waals surface area contributed by atoms with Gasteiger partial charge in [0.1, 0.15) is 16.1 Å². The Balaban J connectivity index is 1.73. The maximum absolute atomic E-state index is 14.0. The molecule has 0 saturated heterocycles. The highest BCUT2D eigenvalue weighted by atomic mass is 32.1. The number of carbonyl (C=O) groups excluding carboxylic acids is 2. The van der Waals surface area contributed by atoms with Crippen molar-refractivity contribution >= 4 is 33.3 Å². The molecule has 0 aliphatic carbocycles. The molecule has 7 nitrogen and oxygen atoms in total. The van der Waals surface area contributed by atoms with Crippen LogP contribution in [0.1, 0.15) is 49.2 Å². The fourth-order valence-corrected chi connectivity index (χ4v) is 6.31. The first-order valence-electron chi connectivity index (χ1n) is 13.7. The van der Waals surface area contributed by atoms with Crippen molar-refractivity contribution in [3.63, 3.8) is 0 Å². The number of ketones is 1. The average Bonchev–Trinajstić information content (AvgIpc) is 3.39. The monoisotopic (exact) mass is 580 g/mol. The molecule has 0 saturated carbocycles. The van der Waals surface area contributed by atoms with E-state index in [1.54, 1.807) is 32.4 Å². The summed E-state index contributed by atoms with van der Waals surface area (Å²) in [6.45, 7) is 3.11.